The Morgan fingerprint density at radius 3 is 2.56 bits per heavy atom. The van der Waals surface area contributed by atoms with E-state index in [0.29, 0.717) is 27.2 Å². The molecule has 1 N–H and O–H groups in total. The lowest BCUT2D eigenvalue weighted by Gasteiger charge is -2.20. The van der Waals surface area contributed by atoms with Crippen LogP contribution in [-0.2, 0) is 16.6 Å². The number of ether oxygens (including phenoxy) is 2. The van der Waals surface area contributed by atoms with Crippen molar-refractivity contribution >= 4 is 40.0 Å². The fourth-order valence-electron chi connectivity index (χ4n) is 4.20. The van der Waals surface area contributed by atoms with E-state index in [4.69, 9.17) is 9.47 Å². The second kappa shape index (κ2) is 11.1. The van der Waals surface area contributed by atoms with Gasteiger partial charge in [0.25, 0.3) is 0 Å². The normalized spacial score (nSPS) is 14.1. The summed E-state index contributed by atoms with van der Waals surface area (Å²) >= 11 is 2.63. The Morgan fingerprint density at radius 1 is 1.15 bits per heavy atom. The van der Waals surface area contributed by atoms with Gasteiger partial charge in [-0.15, -0.1) is 21.5 Å². The van der Waals surface area contributed by atoms with E-state index in [-0.39, 0.29) is 11.7 Å². The molecule has 1 aliphatic carbocycles. The molecule has 1 amide bonds. The van der Waals surface area contributed by atoms with Crippen LogP contribution in [0.1, 0.15) is 54.2 Å². The molecule has 0 bridgehead atoms. The monoisotopic (exact) mass is 500 g/mol. The van der Waals surface area contributed by atoms with Gasteiger partial charge in [-0.05, 0) is 30.5 Å². The van der Waals surface area contributed by atoms with Crippen molar-refractivity contribution in [2.24, 2.45) is 7.05 Å². The van der Waals surface area contributed by atoms with E-state index in [1.165, 1.54) is 49.5 Å². The van der Waals surface area contributed by atoms with Crippen LogP contribution in [0.4, 0.5) is 5.00 Å². The maximum Gasteiger partial charge on any atom is 0.341 e. The summed E-state index contributed by atoms with van der Waals surface area (Å²) in [7, 11) is 4.89. The number of thioether (sulfide) groups is 1. The van der Waals surface area contributed by atoms with Crippen LogP contribution in [0.3, 0.4) is 0 Å². The summed E-state index contributed by atoms with van der Waals surface area (Å²) in [5.74, 6) is 1.60. The number of benzene rings is 1. The van der Waals surface area contributed by atoms with Crippen LogP contribution in [0.2, 0.25) is 0 Å². The molecule has 2 heterocycles. The number of nitrogens with zero attached hydrogens (tertiary/aromatic N) is 3. The Balaban J connectivity index is 1.45. The molecule has 180 valence electrons. The van der Waals surface area contributed by atoms with Gasteiger partial charge < -0.3 is 19.4 Å². The van der Waals surface area contributed by atoms with Crippen molar-refractivity contribution in [3.8, 4) is 16.9 Å². The van der Waals surface area contributed by atoms with E-state index in [0.717, 1.165) is 30.0 Å². The minimum atomic E-state index is -0.500. The summed E-state index contributed by atoms with van der Waals surface area (Å²) < 4.78 is 12.2. The minimum Gasteiger partial charge on any atom is -0.497 e. The lowest BCUT2D eigenvalue weighted by atomic mass is 9.89. The maximum absolute atomic E-state index is 12.7. The van der Waals surface area contributed by atoms with Crippen molar-refractivity contribution in [2.75, 3.05) is 25.3 Å². The highest BCUT2D eigenvalue weighted by Crippen LogP contribution is 2.37. The van der Waals surface area contributed by atoms with Gasteiger partial charge in [0.2, 0.25) is 5.91 Å². The van der Waals surface area contributed by atoms with Gasteiger partial charge in [0.1, 0.15) is 22.1 Å². The zero-order valence-electron chi connectivity index (χ0n) is 19.5. The predicted octanol–water partition coefficient (Wildman–Crippen LogP) is 5.12. The number of esters is 1. The Hall–Kier alpha value is -2.85. The second-order valence-corrected chi connectivity index (χ2v) is 9.97. The van der Waals surface area contributed by atoms with Crippen LogP contribution in [0, 0.1) is 0 Å². The van der Waals surface area contributed by atoms with Crippen LogP contribution in [-0.4, -0.2) is 46.6 Å². The Morgan fingerprint density at radius 2 is 1.88 bits per heavy atom. The van der Waals surface area contributed by atoms with Crippen molar-refractivity contribution < 1.29 is 19.1 Å². The van der Waals surface area contributed by atoms with Gasteiger partial charge in [-0.2, -0.15) is 0 Å². The smallest absolute Gasteiger partial charge is 0.341 e. The summed E-state index contributed by atoms with van der Waals surface area (Å²) in [4.78, 5) is 25.3. The number of thiophene rings is 1. The molecule has 10 heteroatoms. The molecule has 0 radical (unpaired) electrons. The summed E-state index contributed by atoms with van der Waals surface area (Å²) in [5.41, 5.74) is 1.88. The number of aromatic nitrogens is 3. The van der Waals surface area contributed by atoms with Crippen LogP contribution in [0.5, 0.6) is 5.75 Å². The molecule has 0 saturated heterocycles. The summed E-state index contributed by atoms with van der Waals surface area (Å²) in [6.45, 7) is 0. The topological polar surface area (TPSA) is 95.3 Å². The SMILES string of the molecule is COC(=O)c1c(-c2ccc(OC)cc2)csc1NC(=O)CSc1nnc(C2CCCCC2)n1C. The van der Waals surface area contributed by atoms with Gasteiger partial charge in [-0.25, -0.2) is 4.79 Å². The van der Waals surface area contributed by atoms with Crippen molar-refractivity contribution in [3.05, 3.63) is 41.0 Å². The number of rotatable bonds is 8. The zero-order valence-corrected chi connectivity index (χ0v) is 21.1. The maximum atomic E-state index is 12.7. The third-order valence-electron chi connectivity index (χ3n) is 6.01. The van der Waals surface area contributed by atoms with E-state index in [9.17, 15) is 9.59 Å². The van der Waals surface area contributed by atoms with Gasteiger partial charge in [-0.1, -0.05) is 43.2 Å². The molecule has 1 saturated carbocycles. The molecule has 0 aliphatic heterocycles. The molecule has 8 nitrogen and oxygen atoms in total. The first-order chi connectivity index (χ1) is 16.5. The molecule has 1 aromatic carbocycles. The summed E-state index contributed by atoms with van der Waals surface area (Å²) in [6, 6.07) is 7.39. The van der Waals surface area contributed by atoms with Gasteiger partial charge in [0.05, 0.1) is 20.0 Å². The van der Waals surface area contributed by atoms with Crippen LogP contribution in [0.15, 0.2) is 34.8 Å². The molecule has 34 heavy (non-hydrogen) atoms. The van der Waals surface area contributed by atoms with E-state index in [1.807, 2.05) is 41.3 Å². The predicted molar refractivity (Wildman–Crippen MR) is 134 cm³/mol. The number of hydrogen-bond acceptors (Lipinski definition) is 8. The lowest BCUT2D eigenvalue weighted by Crippen LogP contribution is -2.16. The highest BCUT2D eigenvalue weighted by molar-refractivity contribution is 7.99. The molecule has 1 fully saturated rings. The standard InChI is InChI=1S/C24H28N4O4S2/c1-28-21(16-7-5-4-6-8-16)26-27-24(28)34-14-19(29)25-22-20(23(30)32-3)18(13-33-22)15-9-11-17(31-2)12-10-15/h9-13,16H,4-8,14H2,1-3H3,(H,25,29). The lowest BCUT2D eigenvalue weighted by molar-refractivity contribution is -0.113. The zero-order chi connectivity index (χ0) is 24.1. The third kappa shape index (κ3) is 5.28. The third-order valence-corrected chi connectivity index (χ3v) is 7.92. The van der Waals surface area contributed by atoms with E-state index in [1.54, 1.807) is 7.11 Å². The molecule has 3 aromatic rings. The molecule has 4 rings (SSSR count). The first kappa shape index (κ1) is 24.3. The van der Waals surface area contributed by atoms with Crippen LogP contribution < -0.4 is 10.1 Å². The molecular weight excluding hydrogens is 472 g/mol. The number of methoxy groups -OCH3 is 2. The first-order valence-corrected chi connectivity index (χ1v) is 13.0. The second-order valence-electron chi connectivity index (χ2n) is 8.15. The van der Waals surface area contributed by atoms with Crippen LogP contribution >= 0.6 is 23.1 Å². The number of hydrogen-bond donors (Lipinski definition) is 1. The average Bonchev–Trinajstić information content (AvgIpc) is 3.46. The number of carbonyl (C=O) groups excluding carboxylic acids is 2. The summed E-state index contributed by atoms with van der Waals surface area (Å²) in [6.07, 6.45) is 6.02. The highest BCUT2D eigenvalue weighted by Gasteiger charge is 2.24. The Bertz CT molecular complexity index is 1150. The highest BCUT2D eigenvalue weighted by atomic mass is 32.2. The molecule has 0 spiro atoms. The Labute approximate surface area is 207 Å². The first-order valence-electron chi connectivity index (χ1n) is 11.2. The summed E-state index contributed by atoms with van der Waals surface area (Å²) in [5, 5.41) is 14.6. The largest absolute Gasteiger partial charge is 0.497 e. The van der Waals surface area contributed by atoms with Gasteiger partial charge >= 0.3 is 5.97 Å². The Kier molecular flexibility index (Phi) is 7.89. The molecule has 0 unspecified atom stereocenters. The quantitative estimate of drug-likeness (QED) is 0.339. The van der Waals surface area contributed by atoms with Crippen molar-refractivity contribution in [1.29, 1.82) is 0 Å². The number of carbonyl (C=O) groups is 2. The van der Waals surface area contributed by atoms with Gasteiger partial charge in [-0.3, -0.25) is 4.79 Å². The minimum absolute atomic E-state index is 0.160. The molecule has 1 aliphatic rings. The number of anilines is 1. The van der Waals surface area contributed by atoms with E-state index < -0.39 is 5.97 Å². The van der Waals surface area contributed by atoms with Crippen LogP contribution in [0.25, 0.3) is 11.1 Å². The van der Waals surface area contributed by atoms with E-state index in [2.05, 4.69) is 15.5 Å². The fraction of sp³-hybridized carbons (Fsp3) is 0.417. The van der Waals surface area contributed by atoms with E-state index >= 15 is 0 Å². The average molecular weight is 501 g/mol. The number of amides is 1. The van der Waals surface area contributed by atoms with Crippen molar-refractivity contribution in [1.82, 2.24) is 14.8 Å². The molecular formula is C24H28N4O4S2. The molecule has 0 atom stereocenters. The fourth-order valence-corrected chi connectivity index (χ4v) is 5.89. The van der Waals surface area contributed by atoms with Crippen molar-refractivity contribution in [3.63, 3.8) is 0 Å². The van der Waals surface area contributed by atoms with Gasteiger partial charge in [0, 0.05) is 23.9 Å². The van der Waals surface area contributed by atoms with Crippen molar-refractivity contribution in [2.45, 2.75) is 43.2 Å². The molecule has 2 aromatic heterocycles. The van der Waals surface area contributed by atoms with Gasteiger partial charge in [0.15, 0.2) is 5.16 Å². The number of nitrogens with one attached hydrogen (secondary N) is 1.